The summed E-state index contributed by atoms with van der Waals surface area (Å²) in [5.74, 6) is 0.219. The summed E-state index contributed by atoms with van der Waals surface area (Å²) in [5.41, 5.74) is 7.18. The van der Waals surface area contributed by atoms with Crippen molar-refractivity contribution in [3.05, 3.63) is 29.1 Å². The Bertz CT molecular complexity index is 323. The van der Waals surface area contributed by atoms with E-state index in [-0.39, 0.29) is 11.6 Å². The van der Waals surface area contributed by atoms with Crippen LogP contribution in [0, 0.1) is 5.82 Å². The van der Waals surface area contributed by atoms with Gasteiger partial charge in [0.05, 0.1) is 7.11 Å². The molecule has 1 aromatic carbocycles. The average Bonchev–Trinajstić information content (AvgIpc) is 2.16. The van der Waals surface area contributed by atoms with E-state index in [1.165, 1.54) is 13.2 Å². The van der Waals surface area contributed by atoms with Crippen molar-refractivity contribution >= 4 is 0 Å². The van der Waals surface area contributed by atoms with E-state index in [1.54, 1.807) is 0 Å². The van der Waals surface area contributed by atoms with Crippen LogP contribution in [0.4, 0.5) is 4.39 Å². The zero-order valence-electron chi connectivity index (χ0n) is 8.80. The van der Waals surface area contributed by atoms with Crippen LogP contribution in [0.1, 0.15) is 30.9 Å². The summed E-state index contributed by atoms with van der Waals surface area (Å²) in [4.78, 5) is 0. The second-order valence-electron chi connectivity index (χ2n) is 3.55. The van der Waals surface area contributed by atoms with E-state index in [4.69, 9.17) is 10.5 Å². The van der Waals surface area contributed by atoms with Crippen LogP contribution in [0.5, 0.6) is 5.75 Å². The van der Waals surface area contributed by atoms with Gasteiger partial charge in [0.15, 0.2) is 11.6 Å². The number of benzene rings is 1. The van der Waals surface area contributed by atoms with Crippen LogP contribution in [0.2, 0.25) is 0 Å². The van der Waals surface area contributed by atoms with Crippen LogP contribution in [-0.2, 0) is 6.54 Å². The molecular formula is C11H16FNO. The van der Waals surface area contributed by atoms with E-state index < -0.39 is 0 Å². The van der Waals surface area contributed by atoms with Crippen LogP contribution < -0.4 is 10.5 Å². The fraction of sp³-hybridized carbons (Fsp3) is 0.455. The molecule has 0 radical (unpaired) electrons. The third-order valence-corrected chi connectivity index (χ3v) is 2.23. The Morgan fingerprint density at radius 3 is 2.50 bits per heavy atom. The summed E-state index contributed by atoms with van der Waals surface area (Å²) < 4.78 is 18.4. The third-order valence-electron chi connectivity index (χ3n) is 2.23. The van der Waals surface area contributed by atoms with Crippen molar-refractivity contribution in [2.75, 3.05) is 7.11 Å². The molecular weight excluding hydrogens is 181 g/mol. The molecule has 0 atom stereocenters. The van der Waals surface area contributed by atoms with Gasteiger partial charge < -0.3 is 10.5 Å². The molecule has 78 valence electrons. The molecule has 14 heavy (non-hydrogen) atoms. The lowest BCUT2D eigenvalue weighted by atomic mass is 10.00. The molecule has 1 rings (SSSR count). The Morgan fingerprint density at radius 1 is 1.43 bits per heavy atom. The highest BCUT2D eigenvalue weighted by Gasteiger charge is 2.11. The maximum Gasteiger partial charge on any atom is 0.165 e. The number of nitrogens with two attached hydrogens (primary N) is 1. The van der Waals surface area contributed by atoms with Gasteiger partial charge in [-0.05, 0) is 17.5 Å². The summed E-state index contributed by atoms with van der Waals surface area (Å²) in [6.07, 6.45) is 0. The SMILES string of the molecule is COc1c(F)cc(C(C)C)cc1CN. The molecule has 0 aromatic heterocycles. The molecule has 0 aliphatic rings. The van der Waals surface area contributed by atoms with Crippen molar-refractivity contribution in [1.82, 2.24) is 0 Å². The van der Waals surface area contributed by atoms with Gasteiger partial charge in [0, 0.05) is 12.1 Å². The molecule has 0 fully saturated rings. The molecule has 0 aliphatic heterocycles. The maximum absolute atomic E-state index is 13.5. The predicted molar refractivity (Wildman–Crippen MR) is 54.9 cm³/mol. The van der Waals surface area contributed by atoms with Gasteiger partial charge in [0.1, 0.15) is 0 Å². The summed E-state index contributed by atoms with van der Waals surface area (Å²) >= 11 is 0. The lowest BCUT2D eigenvalue weighted by Gasteiger charge is -2.12. The summed E-state index contributed by atoms with van der Waals surface area (Å²) in [6.45, 7) is 4.32. The Kier molecular flexibility index (Phi) is 3.47. The molecule has 0 spiro atoms. The van der Waals surface area contributed by atoms with Gasteiger partial charge in [-0.1, -0.05) is 19.9 Å². The first kappa shape index (κ1) is 11.0. The molecule has 0 heterocycles. The lowest BCUT2D eigenvalue weighted by molar-refractivity contribution is 0.381. The third kappa shape index (κ3) is 2.04. The number of methoxy groups -OCH3 is 1. The average molecular weight is 197 g/mol. The van der Waals surface area contributed by atoms with Crippen LogP contribution in [0.25, 0.3) is 0 Å². The molecule has 0 bridgehead atoms. The predicted octanol–water partition coefficient (Wildman–Crippen LogP) is 2.42. The summed E-state index contributed by atoms with van der Waals surface area (Å²) in [5, 5.41) is 0. The Hall–Kier alpha value is -1.09. The number of rotatable bonds is 3. The molecule has 3 heteroatoms. The minimum absolute atomic E-state index is 0.261. The minimum Gasteiger partial charge on any atom is -0.493 e. The molecule has 0 aliphatic carbocycles. The van der Waals surface area contributed by atoms with Crippen LogP contribution in [0.3, 0.4) is 0 Å². The van der Waals surface area contributed by atoms with Crippen molar-refractivity contribution in [3.63, 3.8) is 0 Å². The van der Waals surface area contributed by atoms with Gasteiger partial charge >= 0.3 is 0 Å². The quantitative estimate of drug-likeness (QED) is 0.807. The van der Waals surface area contributed by atoms with E-state index >= 15 is 0 Å². The summed E-state index contributed by atoms with van der Waals surface area (Å²) in [7, 11) is 1.45. The molecule has 0 saturated heterocycles. The van der Waals surface area contributed by atoms with Gasteiger partial charge in [-0.25, -0.2) is 4.39 Å². The van der Waals surface area contributed by atoms with Crippen molar-refractivity contribution < 1.29 is 9.13 Å². The van der Waals surface area contributed by atoms with Crippen LogP contribution in [0.15, 0.2) is 12.1 Å². The highest BCUT2D eigenvalue weighted by atomic mass is 19.1. The number of hydrogen-bond acceptors (Lipinski definition) is 2. The standard InChI is InChI=1S/C11H16FNO/c1-7(2)8-4-9(6-13)11(14-3)10(12)5-8/h4-5,7H,6,13H2,1-3H3. The number of ether oxygens (including phenoxy) is 1. The second kappa shape index (κ2) is 4.42. The number of hydrogen-bond donors (Lipinski definition) is 1. The summed E-state index contributed by atoms with van der Waals surface area (Å²) in [6, 6.07) is 3.40. The van der Waals surface area contributed by atoms with E-state index in [9.17, 15) is 4.39 Å². The largest absolute Gasteiger partial charge is 0.493 e. The zero-order valence-corrected chi connectivity index (χ0v) is 8.80. The van der Waals surface area contributed by atoms with Crippen molar-refractivity contribution in [3.8, 4) is 5.75 Å². The Labute approximate surface area is 83.9 Å². The van der Waals surface area contributed by atoms with Gasteiger partial charge in [-0.2, -0.15) is 0 Å². The Balaban J connectivity index is 3.24. The molecule has 0 unspecified atom stereocenters. The smallest absolute Gasteiger partial charge is 0.165 e. The topological polar surface area (TPSA) is 35.2 Å². The van der Waals surface area contributed by atoms with Crippen molar-refractivity contribution in [1.29, 1.82) is 0 Å². The first-order chi connectivity index (χ1) is 6.60. The molecule has 1 aromatic rings. The first-order valence-electron chi connectivity index (χ1n) is 4.66. The van der Waals surface area contributed by atoms with Crippen molar-refractivity contribution in [2.45, 2.75) is 26.3 Å². The minimum atomic E-state index is -0.334. The zero-order chi connectivity index (χ0) is 10.7. The highest BCUT2D eigenvalue weighted by molar-refractivity contribution is 5.39. The van der Waals surface area contributed by atoms with Gasteiger partial charge in [-0.3, -0.25) is 0 Å². The van der Waals surface area contributed by atoms with Gasteiger partial charge in [-0.15, -0.1) is 0 Å². The first-order valence-corrected chi connectivity index (χ1v) is 4.66. The van der Waals surface area contributed by atoms with E-state index in [0.29, 0.717) is 12.5 Å². The van der Waals surface area contributed by atoms with Crippen molar-refractivity contribution in [2.24, 2.45) is 5.73 Å². The van der Waals surface area contributed by atoms with E-state index in [1.807, 2.05) is 19.9 Å². The molecule has 2 N–H and O–H groups in total. The van der Waals surface area contributed by atoms with E-state index in [0.717, 1.165) is 11.1 Å². The van der Waals surface area contributed by atoms with E-state index in [2.05, 4.69) is 0 Å². The fourth-order valence-electron chi connectivity index (χ4n) is 1.39. The lowest BCUT2D eigenvalue weighted by Crippen LogP contribution is -2.04. The monoisotopic (exact) mass is 197 g/mol. The normalized spacial score (nSPS) is 10.7. The molecule has 2 nitrogen and oxygen atoms in total. The number of halogens is 1. The van der Waals surface area contributed by atoms with Gasteiger partial charge in [0.25, 0.3) is 0 Å². The van der Waals surface area contributed by atoms with Crippen LogP contribution in [-0.4, -0.2) is 7.11 Å². The maximum atomic E-state index is 13.5. The highest BCUT2D eigenvalue weighted by Crippen LogP contribution is 2.27. The molecule has 0 amide bonds. The fourth-order valence-corrected chi connectivity index (χ4v) is 1.39. The second-order valence-corrected chi connectivity index (χ2v) is 3.55. The Morgan fingerprint density at radius 2 is 2.07 bits per heavy atom. The van der Waals surface area contributed by atoms with Crippen LogP contribution >= 0.6 is 0 Å². The molecule has 0 saturated carbocycles. The van der Waals surface area contributed by atoms with Gasteiger partial charge in [0.2, 0.25) is 0 Å².